The van der Waals surface area contributed by atoms with E-state index in [0.717, 1.165) is 39.3 Å². The lowest BCUT2D eigenvalue weighted by molar-refractivity contribution is 0.0261. The molecule has 14 heavy (non-hydrogen) atoms. The zero-order chi connectivity index (χ0) is 9.80. The SMILES string of the molecule is NC(COC1CCOC1)C1CCOC1. The van der Waals surface area contributed by atoms with Crippen molar-refractivity contribution in [2.45, 2.75) is 25.0 Å². The van der Waals surface area contributed by atoms with Gasteiger partial charge in [-0.1, -0.05) is 0 Å². The Morgan fingerprint density at radius 1 is 1.21 bits per heavy atom. The first-order valence-corrected chi connectivity index (χ1v) is 5.39. The highest BCUT2D eigenvalue weighted by Gasteiger charge is 2.24. The Morgan fingerprint density at radius 3 is 2.64 bits per heavy atom. The van der Waals surface area contributed by atoms with Gasteiger partial charge in [-0.05, 0) is 12.8 Å². The topological polar surface area (TPSA) is 53.7 Å². The van der Waals surface area contributed by atoms with Crippen LogP contribution in [0.15, 0.2) is 0 Å². The standard InChI is InChI=1S/C10H19NO3/c11-10(8-1-3-12-5-8)7-14-9-2-4-13-6-9/h8-10H,1-7,11H2. The first-order valence-electron chi connectivity index (χ1n) is 5.39. The fourth-order valence-corrected chi connectivity index (χ4v) is 1.92. The van der Waals surface area contributed by atoms with Gasteiger partial charge in [0.25, 0.3) is 0 Å². The minimum absolute atomic E-state index is 0.123. The molecule has 2 heterocycles. The second-order valence-corrected chi connectivity index (χ2v) is 4.11. The Labute approximate surface area is 84.7 Å². The Hall–Kier alpha value is -0.160. The van der Waals surface area contributed by atoms with Crippen LogP contribution in [-0.2, 0) is 14.2 Å². The molecule has 2 aliphatic rings. The number of rotatable bonds is 4. The molecular formula is C10H19NO3. The van der Waals surface area contributed by atoms with Crippen LogP contribution in [-0.4, -0.2) is 45.2 Å². The molecule has 0 bridgehead atoms. The van der Waals surface area contributed by atoms with Gasteiger partial charge < -0.3 is 19.9 Å². The van der Waals surface area contributed by atoms with E-state index in [2.05, 4.69) is 0 Å². The van der Waals surface area contributed by atoms with E-state index in [-0.39, 0.29) is 12.1 Å². The average molecular weight is 201 g/mol. The normalized spacial score (nSPS) is 34.9. The minimum atomic E-state index is 0.123. The quantitative estimate of drug-likeness (QED) is 0.703. The third-order valence-corrected chi connectivity index (χ3v) is 2.98. The molecule has 3 unspecified atom stereocenters. The summed E-state index contributed by atoms with van der Waals surface area (Å²) in [6.45, 7) is 3.85. The molecule has 4 nitrogen and oxygen atoms in total. The van der Waals surface area contributed by atoms with Gasteiger partial charge in [-0.2, -0.15) is 0 Å². The van der Waals surface area contributed by atoms with Crippen LogP contribution >= 0.6 is 0 Å². The van der Waals surface area contributed by atoms with Crippen molar-refractivity contribution in [2.75, 3.05) is 33.0 Å². The van der Waals surface area contributed by atoms with Crippen molar-refractivity contribution in [3.63, 3.8) is 0 Å². The van der Waals surface area contributed by atoms with Crippen LogP contribution in [0.25, 0.3) is 0 Å². The molecule has 82 valence electrons. The molecule has 0 saturated carbocycles. The summed E-state index contributed by atoms with van der Waals surface area (Å²) in [4.78, 5) is 0. The summed E-state index contributed by atoms with van der Waals surface area (Å²) >= 11 is 0. The van der Waals surface area contributed by atoms with Crippen molar-refractivity contribution >= 4 is 0 Å². The van der Waals surface area contributed by atoms with E-state index >= 15 is 0 Å². The van der Waals surface area contributed by atoms with Gasteiger partial charge in [0, 0.05) is 25.2 Å². The predicted molar refractivity (Wildman–Crippen MR) is 52.1 cm³/mol. The molecular weight excluding hydrogens is 182 g/mol. The maximum atomic E-state index is 6.01. The van der Waals surface area contributed by atoms with Gasteiger partial charge in [-0.25, -0.2) is 0 Å². The fourth-order valence-electron chi connectivity index (χ4n) is 1.92. The maximum absolute atomic E-state index is 6.01. The summed E-state index contributed by atoms with van der Waals surface area (Å²) in [6.07, 6.45) is 2.35. The van der Waals surface area contributed by atoms with Gasteiger partial charge in [0.05, 0.1) is 25.9 Å². The van der Waals surface area contributed by atoms with Crippen molar-refractivity contribution < 1.29 is 14.2 Å². The van der Waals surface area contributed by atoms with Crippen LogP contribution in [0.2, 0.25) is 0 Å². The monoisotopic (exact) mass is 201 g/mol. The molecule has 2 saturated heterocycles. The number of hydrogen-bond donors (Lipinski definition) is 1. The van der Waals surface area contributed by atoms with Crippen LogP contribution in [0.1, 0.15) is 12.8 Å². The van der Waals surface area contributed by atoms with E-state index in [9.17, 15) is 0 Å². The van der Waals surface area contributed by atoms with Crippen LogP contribution in [0.3, 0.4) is 0 Å². The molecule has 0 radical (unpaired) electrons. The molecule has 3 atom stereocenters. The molecule has 0 aromatic heterocycles. The van der Waals surface area contributed by atoms with Crippen LogP contribution < -0.4 is 5.73 Å². The van der Waals surface area contributed by atoms with Crippen molar-refractivity contribution in [2.24, 2.45) is 11.7 Å². The summed E-state index contributed by atoms with van der Waals surface area (Å²) in [5.74, 6) is 0.484. The number of hydrogen-bond acceptors (Lipinski definition) is 4. The highest BCUT2D eigenvalue weighted by Crippen LogP contribution is 2.17. The lowest BCUT2D eigenvalue weighted by Crippen LogP contribution is -2.36. The smallest absolute Gasteiger partial charge is 0.0831 e. The van der Waals surface area contributed by atoms with Gasteiger partial charge in [-0.15, -0.1) is 0 Å². The third-order valence-electron chi connectivity index (χ3n) is 2.98. The summed E-state index contributed by atoms with van der Waals surface area (Å²) < 4.78 is 16.2. The first kappa shape index (κ1) is 10.4. The highest BCUT2D eigenvalue weighted by molar-refractivity contribution is 4.76. The van der Waals surface area contributed by atoms with Crippen molar-refractivity contribution in [3.8, 4) is 0 Å². The molecule has 0 aliphatic carbocycles. The van der Waals surface area contributed by atoms with Crippen LogP contribution in [0.4, 0.5) is 0 Å². The molecule has 2 fully saturated rings. The Bertz CT molecular complexity index is 165. The molecule has 4 heteroatoms. The lowest BCUT2D eigenvalue weighted by atomic mass is 10.0. The van der Waals surface area contributed by atoms with Crippen molar-refractivity contribution in [3.05, 3.63) is 0 Å². The summed E-state index contributed by atoms with van der Waals surface area (Å²) in [5.41, 5.74) is 6.01. The maximum Gasteiger partial charge on any atom is 0.0831 e. The number of ether oxygens (including phenoxy) is 3. The minimum Gasteiger partial charge on any atom is -0.381 e. The molecule has 2 rings (SSSR count). The fraction of sp³-hybridized carbons (Fsp3) is 1.00. The lowest BCUT2D eigenvalue weighted by Gasteiger charge is -2.19. The molecule has 0 spiro atoms. The zero-order valence-electron chi connectivity index (χ0n) is 8.48. The second-order valence-electron chi connectivity index (χ2n) is 4.11. The second kappa shape index (κ2) is 5.07. The van der Waals surface area contributed by atoms with E-state index in [1.807, 2.05) is 0 Å². The molecule has 0 aromatic carbocycles. The van der Waals surface area contributed by atoms with Gasteiger partial charge in [0.1, 0.15) is 0 Å². The Balaban J connectivity index is 1.63. The van der Waals surface area contributed by atoms with Gasteiger partial charge >= 0.3 is 0 Å². The van der Waals surface area contributed by atoms with E-state index in [4.69, 9.17) is 19.9 Å². The Kier molecular flexibility index (Phi) is 3.75. The molecule has 2 aliphatic heterocycles. The summed E-state index contributed by atoms with van der Waals surface area (Å²) in [7, 11) is 0. The van der Waals surface area contributed by atoms with E-state index in [1.165, 1.54) is 0 Å². The van der Waals surface area contributed by atoms with Crippen molar-refractivity contribution in [1.82, 2.24) is 0 Å². The summed E-state index contributed by atoms with van der Waals surface area (Å²) in [5, 5.41) is 0. The molecule has 0 aromatic rings. The van der Waals surface area contributed by atoms with Gasteiger partial charge in [0.15, 0.2) is 0 Å². The van der Waals surface area contributed by atoms with Crippen LogP contribution in [0.5, 0.6) is 0 Å². The largest absolute Gasteiger partial charge is 0.381 e. The third kappa shape index (κ3) is 2.67. The predicted octanol–water partition coefficient (Wildman–Crippen LogP) is 0.156. The number of nitrogens with two attached hydrogens (primary N) is 1. The first-order chi connectivity index (χ1) is 6.86. The molecule has 0 amide bonds. The van der Waals surface area contributed by atoms with Gasteiger partial charge in [0.2, 0.25) is 0 Å². The average Bonchev–Trinajstić information content (AvgIpc) is 2.87. The zero-order valence-corrected chi connectivity index (χ0v) is 8.48. The van der Waals surface area contributed by atoms with Crippen molar-refractivity contribution in [1.29, 1.82) is 0 Å². The molecule has 2 N–H and O–H groups in total. The van der Waals surface area contributed by atoms with E-state index in [1.54, 1.807) is 0 Å². The van der Waals surface area contributed by atoms with Crippen LogP contribution in [0, 0.1) is 5.92 Å². The van der Waals surface area contributed by atoms with E-state index in [0.29, 0.717) is 12.5 Å². The summed E-state index contributed by atoms with van der Waals surface area (Å²) in [6, 6.07) is 0.123. The van der Waals surface area contributed by atoms with E-state index < -0.39 is 0 Å². The Morgan fingerprint density at radius 2 is 2.00 bits per heavy atom. The highest BCUT2D eigenvalue weighted by atomic mass is 16.5. The van der Waals surface area contributed by atoms with Gasteiger partial charge in [-0.3, -0.25) is 0 Å².